The summed E-state index contributed by atoms with van der Waals surface area (Å²) in [5, 5.41) is 9.37. The molecule has 0 saturated carbocycles. The molecule has 0 atom stereocenters. The second-order valence-corrected chi connectivity index (χ2v) is 8.20. The predicted octanol–water partition coefficient (Wildman–Crippen LogP) is 2.99. The quantitative estimate of drug-likeness (QED) is 0.513. The summed E-state index contributed by atoms with van der Waals surface area (Å²) in [5.41, 5.74) is 6.23. The Labute approximate surface area is 180 Å². The van der Waals surface area contributed by atoms with Crippen molar-refractivity contribution < 1.29 is 4.74 Å². The lowest BCUT2D eigenvalue weighted by Crippen LogP contribution is -2.26. The van der Waals surface area contributed by atoms with E-state index in [0.29, 0.717) is 5.75 Å². The molecule has 0 bridgehead atoms. The van der Waals surface area contributed by atoms with E-state index in [2.05, 4.69) is 45.9 Å². The largest absolute Gasteiger partial charge is 0.487 e. The van der Waals surface area contributed by atoms with Crippen LogP contribution in [0.25, 0.3) is 16.6 Å². The normalized spacial score (nSPS) is 14.0. The van der Waals surface area contributed by atoms with E-state index >= 15 is 0 Å². The van der Waals surface area contributed by atoms with Gasteiger partial charge in [-0.1, -0.05) is 6.07 Å². The maximum atomic E-state index is 12.8. The molecule has 0 amide bonds. The first-order valence-corrected chi connectivity index (χ1v) is 10.4. The highest BCUT2D eigenvalue weighted by Gasteiger charge is 2.21. The van der Waals surface area contributed by atoms with E-state index < -0.39 is 0 Å². The van der Waals surface area contributed by atoms with Crippen LogP contribution in [0.2, 0.25) is 0 Å². The van der Waals surface area contributed by atoms with Gasteiger partial charge < -0.3 is 14.2 Å². The molecule has 0 fully saturated rings. The summed E-state index contributed by atoms with van der Waals surface area (Å²) in [5.74, 6) is 0.516. The van der Waals surface area contributed by atoms with Crippen LogP contribution in [0.4, 0.5) is 0 Å². The maximum Gasteiger partial charge on any atom is 0.258 e. The molecule has 0 N–H and O–H groups in total. The van der Waals surface area contributed by atoms with E-state index in [1.807, 2.05) is 25.1 Å². The average molecular weight is 415 g/mol. The molecule has 0 radical (unpaired) electrons. The Morgan fingerprint density at radius 1 is 1.06 bits per heavy atom. The van der Waals surface area contributed by atoms with Gasteiger partial charge in [0.05, 0.1) is 16.9 Å². The fourth-order valence-electron chi connectivity index (χ4n) is 4.27. The molecule has 4 heterocycles. The standard InChI is InChI=1S/C24H25N5O2/c1-16-4-5-17(26-25-16)15-31-19-8-11-29(24(30)13-19)18-6-7-20-21-14-27(2)10-9-22(21)28(3)23(20)12-18/h4-8,11-13H,9-10,14-15H2,1-3H3. The summed E-state index contributed by atoms with van der Waals surface area (Å²) in [7, 11) is 4.27. The molecule has 158 valence electrons. The smallest absolute Gasteiger partial charge is 0.258 e. The molecule has 3 aromatic heterocycles. The van der Waals surface area contributed by atoms with E-state index in [1.165, 1.54) is 22.7 Å². The number of aromatic nitrogens is 4. The number of aryl methyl sites for hydroxylation is 2. The molecule has 5 rings (SSSR count). The van der Waals surface area contributed by atoms with Crippen LogP contribution in [-0.2, 0) is 26.6 Å². The average Bonchev–Trinajstić information content (AvgIpc) is 3.04. The molecule has 1 aliphatic heterocycles. The first-order chi connectivity index (χ1) is 15.0. The summed E-state index contributed by atoms with van der Waals surface area (Å²) in [4.78, 5) is 15.1. The highest BCUT2D eigenvalue weighted by molar-refractivity contribution is 5.87. The highest BCUT2D eigenvalue weighted by Crippen LogP contribution is 2.31. The molecular weight excluding hydrogens is 390 g/mol. The molecule has 1 aliphatic rings. The van der Waals surface area contributed by atoms with Crippen molar-refractivity contribution in [1.29, 1.82) is 0 Å². The number of hydrogen-bond donors (Lipinski definition) is 0. The Hall–Kier alpha value is -3.45. The van der Waals surface area contributed by atoms with E-state index in [4.69, 9.17) is 4.74 Å². The van der Waals surface area contributed by atoms with Crippen molar-refractivity contribution >= 4 is 10.9 Å². The van der Waals surface area contributed by atoms with Crippen molar-refractivity contribution in [2.75, 3.05) is 13.6 Å². The zero-order valence-electron chi connectivity index (χ0n) is 18.0. The van der Waals surface area contributed by atoms with Gasteiger partial charge in [0.25, 0.3) is 5.56 Å². The van der Waals surface area contributed by atoms with Crippen molar-refractivity contribution in [2.24, 2.45) is 7.05 Å². The molecular formula is C24H25N5O2. The Bertz CT molecular complexity index is 1320. The van der Waals surface area contributed by atoms with Gasteiger partial charge in [0.15, 0.2) is 0 Å². The van der Waals surface area contributed by atoms with Gasteiger partial charge in [-0.05, 0) is 49.9 Å². The number of ether oxygens (including phenoxy) is 1. The summed E-state index contributed by atoms with van der Waals surface area (Å²) in [6, 6.07) is 13.3. The lowest BCUT2D eigenvalue weighted by Gasteiger charge is -2.23. The molecule has 0 spiro atoms. The predicted molar refractivity (Wildman–Crippen MR) is 120 cm³/mol. The van der Waals surface area contributed by atoms with E-state index in [-0.39, 0.29) is 12.2 Å². The number of pyridine rings is 1. The zero-order valence-corrected chi connectivity index (χ0v) is 18.0. The first kappa shape index (κ1) is 19.5. The molecule has 1 aromatic carbocycles. The SMILES string of the molecule is Cc1ccc(COc2ccn(-c3ccc4c5c(n(C)c4c3)CCN(C)C5)c(=O)c2)nn1. The minimum Gasteiger partial charge on any atom is -0.487 e. The van der Waals surface area contributed by atoms with Gasteiger partial charge in [-0.2, -0.15) is 10.2 Å². The fourth-order valence-corrected chi connectivity index (χ4v) is 4.27. The van der Waals surface area contributed by atoms with Crippen LogP contribution in [0.15, 0.2) is 53.5 Å². The first-order valence-electron chi connectivity index (χ1n) is 10.4. The molecule has 7 heteroatoms. The van der Waals surface area contributed by atoms with Gasteiger partial charge in [-0.3, -0.25) is 9.36 Å². The Kier molecular flexibility index (Phi) is 4.82. The van der Waals surface area contributed by atoms with Crippen LogP contribution in [-0.4, -0.2) is 37.8 Å². The summed E-state index contributed by atoms with van der Waals surface area (Å²) < 4.78 is 9.65. The van der Waals surface area contributed by atoms with Crippen molar-refractivity contribution in [2.45, 2.75) is 26.5 Å². The topological polar surface area (TPSA) is 65.2 Å². The number of rotatable bonds is 4. The third-order valence-corrected chi connectivity index (χ3v) is 5.99. The van der Waals surface area contributed by atoms with Gasteiger partial charge in [-0.25, -0.2) is 0 Å². The number of nitrogens with zero attached hydrogens (tertiary/aromatic N) is 5. The monoisotopic (exact) mass is 415 g/mol. The third kappa shape index (κ3) is 3.61. The summed E-state index contributed by atoms with van der Waals surface area (Å²) in [6.45, 7) is 4.19. The van der Waals surface area contributed by atoms with E-state index in [1.54, 1.807) is 16.8 Å². The van der Waals surface area contributed by atoms with Crippen molar-refractivity contribution in [1.82, 2.24) is 24.2 Å². The zero-order chi connectivity index (χ0) is 21.5. The summed E-state index contributed by atoms with van der Waals surface area (Å²) >= 11 is 0. The highest BCUT2D eigenvalue weighted by atomic mass is 16.5. The summed E-state index contributed by atoms with van der Waals surface area (Å²) in [6.07, 6.45) is 2.81. The molecule has 4 aromatic rings. The molecule has 31 heavy (non-hydrogen) atoms. The van der Waals surface area contributed by atoms with Crippen LogP contribution in [0.3, 0.4) is 0 Å². The Morgan fingerprint density at radius 3 is 2.71 bits per heavy atom. The van der Waals surface area contributed by atoms with Crippen molar-refractivity contribution in [3.63, 3.8) is 0 Å². The van der Waals surface area contributed by atoms with E-state index in [0.717, 1.165) is 42.1 Å². The molecule has 0 saturated heterocycles. The van der Waals surface area contributed by atoms with Gasteiger partial charge in [0, 0.05) is 49.9 Å². The molecule has 0 unspecified atom stereocenters. The van der Waals surface area contributed by atoms with Crippen molar-refractivity contribution in [3.05, 3.63) is 81.7 Å². The Morgan fingerprint density at radius 2 is 1.94 bits per heavy atom. The van der Waals surface area contributed by atoms with Crippen LogP contribution in [0.5, 0.6) is 5.75 Å². The lowest BCUT2D eigenvalue weighted by molar-refractivity contribution is 0.299. The number of benzene rings is 1. The van der Waals surface area contributed by atoms with Crippen LogP contribution in [0, 0.1) is 6.92 Å². The van der Waals surface area contributed by atoms with Gasteiger partial charge in [0.2, 0.25) is 0 Å². The molecule has 0 aliphatic carbocycles. The van der Waals surface area contributed by atoms with Gasteiger partial charge >= 0.3 is 0 Å². The van der Waals surface area contributed by atoms with Gasteiger partial charge in [-0.15, -0.1) is 0 Å². The Balaban J connectivity index is 1.43. The van der Waals surface area contributed by atoms with Crippen LogP contribution >= 0.6 is 0 Å². The van der Waals surface area contributed by atoms with Gasteiger partial charge in [0.1, 0.15) is 18.1 Å². The minimum atomic E-state index is -0.134. The lowest BCUT2D eigenvalue weighted by atomic mass is 10.0. The number of likely N-dealkylation sites (N-methyl/N-ethyl adjacent to an activating group) is 1. The maximum absolute atomic E-state index is 12.8. The third-order valence-electron chi connectivity index (χ3n) is 5.99. The van der Waals surface area contributed by atoms with Crippen molar-refractivity contribution in [3.8, 4) is 11.4 Å². The van der Waals surface area contributed by atoms with Crippen LogP contribution < -0.4 is 10.3 Å². The second-order valence-electron chi connectivity index (χ2n) is 8.20. The van der Waals surface area contributed by atoms with Crippen LogP contribution in [0.1, 0.15) is 22.6 Å². The number of hydrogen-bond acceptors (Lipinski definition) is 5. The number of fused-ring (bicyclic) bond motifs is 3. The fraction of sp³-hybridized carbons (Fsp3) is 0.292. The molecule has 7 nitrogen and oxygen atoms in total. The second kappa shape index (κ2) is 7.67. The minimum absolute atomic E-state index is 0.134. The van der Waals surface area contributed by atoms with E-state index in [9.17, 15) is 4.79 Å².